The second kappa shape index (κ2) is 9.74. The number of aliphatic hydroxyl groups excluding tert-OH is 1. The van der Waals surface area contributed by atoms with Crippen LogP contribution in [0.1, 0.15) is 28.9 Å². The van der Waals surface area contributed by atoms with Gasteiger partial charge in [0, 0.05) is 25.5 Å². The third kappa shape index (κ3) is 5.58. The van der Waals surface area contributed by atoms with Crippen LogP contribution in [0.4, 0.5) is 5.82 Å². The predicted molar refractivity (Wildman–Crippen MR) is 117 cm³/mol. The minimum absolute atomic E-state index is 0.151. The van der Waals surface area contributed by atoms with Crippen molar-refractivity contribution in [2.45, 2.75) is 43.2 Å². The van der Waals surface area contributed by atoms with E-state index in [0.717, 1.165) is 0 Å². The average Bonchev–Trinajstić information content (AvgIpc) is 3.39. The quantitative estimate of drug-likeness (QED) is 0.248. The maximum Gasteiger partial charge on any atom is 0.335 e. The zero-order chi connectivity index (χ0) is 24.3. The molecule has 4 N–H and O–H groups in total. The van der Waals surface area contributed by atoms with Gasteiger partial charge in [0.05, 0.1) is 24.9 Å². The zero-order valence-corrected chi connectivity index (χ0v) is 19.0. The lowest BCUT2D eigenvalue weighted by Crippen LogP contribution is -2.48. The van der Waals surface area contributed by atoms with Crippen LogP contribution in [0.3, 0.4) is 0 Å². The van der Waals surface area contributed by atoms with Crippen LogP contribution >= 0.6 is 0 Å². The average molecular weight is 493 g/mol. The van der Waals surface area contributed by atoms with Gasteiger partial charge in [0.1, 0.15) is 30.5 Å². The fourth-order valence-electron chi connectivity index (χ4n) is 3.57. The lowest BCUT2D eigenvalue weighted by molar-refractivity contribution is -0.140. The summed E-state index contributed by atoms with van der Waals surface area (Å²) in [5, 5.41) is 27.4. The van der Waals surface area contributed by atoms with Crippen LogP contribution in [-0.2, 0) is 25.8 Å². The summed E-state index contributed by atoms with van der Waals surface area (Å²) in [5.41, 5.74) is -0.803. The minimum Gasteiger partial charge on any atom is -0.390 e. The third-order valence-electron chi connectivity index (χ3n) is 5.39. The van der Waals surface area contributed by atoms with Crippen molar-refractivity contribution < 1.29 is 32.3 Å². The van der Waals surface area contributed by atoms with Gasteiger partial charge < -0.3 is 20.3 Å². The van der Waals surface area contributed by atoms with Crippen molar-refractivity contribution in [3.05, 3.63) is 36.0 Å². The summed E-state index contributed by atoms with van der Waals surface area (Å²) in [5.74, 6) is 5.34. The first-order valence-corrected chi connectivity index (χ1v) is 11.8. The number of carbonyl (C=O) groups is 1. The first-order chi connectivity index (χ1) is 16.2. The lowest BCUT2D eigenvalue weighted by Gasteiger charge is -2.30. The molecule has 0 amide bonds. The summed E-state index contributed by atoms with van der Waals surface area (Å²) in [6.07, 6.45) is 2.66. The molecule has 3 atom stereocenters. The van der Waals surface area contributed by atoms with Crippen LogP contribution in [0, 0.1) is 11.8 Å². The molecule has 2 fully saturated rings. The number of aromatic nitrogens is 4. The van der Waals surface area contributed by atoms with Crippen molar-refractivity contribution in [3.8, 4) is 11.8 Å². The fraction of sp³-hybridized carbons (Fsp3) is 0.500. The van der Waals surface area contributed by atoms with E-state index in [9.17, 15) is 23.4 Å². The largest absolute Gasteiger partial charge is 0.390 e. The van der Waals surface area contributed by atoms with Crippen molar-refractivity contribution in [2.24, 2.45) is 0 Å². The van der Waals surface area contributed by atoms with Crippen LogP contribution < -0.4 is 10.0 Å². The summed E-state index contributed by atoms with van der Waals surface area (Å²) < 4.78 is 36.7. The Balaban J connectivity index is 1.42. The minimum atomic E-state index is -3.96. The van der Waals surface area contributed by atoms with E-state index in [4.69, 9.17) is 8.92 Å². The highest BCUT2D eigenvalue weighted by Crippen LogP contribution is 2.27. The van der Waals surface area contributed by atoms with Gasteiger partial charge in [-0.1, -0.05) is 11.8 Å². The molecular formula is C20H24N6O7S. The van der Waals surface area contributed by atoms with Gasteiger partial charge in [-0.3, -0.25) is 13.7 Å². The Labute approximate surface area is 195 Å². The molecule has 3 heterocycles. The van der Waals surface area contributed by atoms with Gasteiger partial charge in [-0.05, 0) is 18.9 Å². The standard InChI is InChI=1S/C20H24N6O7S/c1-21-34(30,31)33-17-8-13(7-16(17)27)24-19-14(9-22-12-23-19)18(28)15-3-6-26(25-15)5-2-4-20(29)10-32-11-20/h3,6,9,12-13,16-17,21,27,29H,5,7-8,10-11H2,1H3,(H,22,23,24)/t13-,16+,17-/m1/s1. The number of nitrogens with zero attached hydrogens (tertiary/aromatic N) is 4. The van der Waals surface area contributed by atoms with Crippen LogP contribution in [0.15, 0.2) is 24.8 Å². The van der Waals surface area contributed by atoms with Gasteiger partial charge in [0.15, 0.2) is 5.60 Å². The molecule has 34 heavy (non-hydrogen) atoms. The van der Waals surface area contributed by atoms with Crippen molar-refractivity contribution >= 4 is 21.9 Å². The fourth-order valence-corrected chi connectivity index (χ4v) is 4.20. The molecule has 1 saturated heterocycles. The molecule has 2 aliphatic rings. The highest BCUT2D eigenvalue weighted by atomic mass is 32.2. The van der Waals surface area contributed by atoms with Crippen LogP contribution in [0.2, 0.25) is 0 Å². The molecule has 1 aliphatic heterocycles. The summed E-state index contributed by atoms with van der Waals surface area (Å²) in [6.45, 7) is 0.522. The molecule has 2 aromatic rings. The first kappa shape index (κ1) is 24.2. The number of hydrogen-bond acceptors (Lipinski definition) is 11. The second-order valence-corrected chi connectivity index (χ2v) is 9.52. The van der Waals surface area contributed by atoms with Crippen molar-refractivity contribution in [3.63, 3.8) is 0 Å². The number of hydrogen-bond donors (Lipinski definition) is 4. The van der Waals surface area contributed by atoms with E-state index in [0.29, 0.717) is 0 Å². The number of ether oxygens (including phenoxy) is 1. The molecule has 14 heteroatoms. The molecule has 13 nitrogen and oxygen atoms in total. The molecule has 0 radical (unpaired) electrons. The van der Waals surface area contributed by atoms with E-state index in [1.165, 1.54) is 30.3 Å². The molecule has 2 aromatic heterocycles. The summed E-state index contributed by atoms with van der Waals surface area (Å²) >= 11 is 0. The van der Waals surface area contributed by atoms with Gasteiger partial charge >= 0.3 is 10.3 Å². The van der Waals surface area contributed by atoms with E-state index in [1.54, 1.807) is 6.20 Å². The van der Waals surface area contributed by atoms with Crippen LogP contribution in [-0.4, -0.2) is 88.3 Å². The summed E-state index contributed by atoms with van der Waals surface area (Å²) in [6, 6.07) is 1.15. The van der Waals surface area contributed by atoms with Crippen molar-refractivity contribution in [1.29, 1.82) is 0 Å². The number of carbonyl (C=O) groups excluding carboxylic acids is 1. The van der Waals surface area contributed by atoms with Crippen LogP contribution in [0.5, 0.6) is 0 Å². The molecule has 0 aromatic carbocycles. The Bertz CT molecular complexity index is 1220. The Kier molecular flexibility index (Phi) is 6.94. The van der Waals surface area contributed by atoms with Gasteiger partial charge in [-0.25, -0.2) is 9.97 Å². The number of ketones is 1. The smallest absolute Gasteiger partial charge is 0.335 e. The summed E-state index contributed by atoms with van der Waals surface area (Å²) in [7, 11) is -2.74. The molecule has 182 valence electrons. The molecule has 0 bridgehead atoms. The SMILES string of the molecule is CNS(=O)(=O)O[C@@H]1C[C@H](Nc2ncncc2C(=O)c2ccn(CC#CC3(O)COC3)n2)C[C@@H]1O. The molecular weight excluding hydrogens is 468 g/mol. The number of nitrogens with one attached hydrogen (secondary N) is 2. The Morgan fingerprint density at radius 2 is 2.21 bits per heavy atom. The topological polar surface area (TPSA) is 178 Å². The van der Waals surface area contributed by atoms with E-state index in [2.05, 4.69) is 32.2 Å². The molecule has 1 saturated carbocycles. The molecule has 0 spiro atoms. The van der Waals surface area contributed by atoms with E-state index >= 15 is 0 Å². The van der Waals surface area contributed by atoms with E-state index < -0.39 is 33.9 Å². The third-order valence-corrected chi connectivity index (χ3v) is 6.39. The van der Waals surface area contributed by atoms with E-state index in [-0.39, 0.29) is 55.7 Å². The Morgan fingerprint density at radius 3 is 2.91 bits per heavy atom. The second-order valence-electron chi connectivity index (χ2n) is 8.01. The van der Waals surface area contributed by atoms with Gasteiger partial charge in [0.25, 0.3) is 0 Å². The maximum absolute atomic E-state index is 13.0. The Hall–Kier alpha value is -2.93. The summed E-state index contributed by atoms with van der Waals surface area (Å²) in [4.78, 5) is 21.1. The van der Waals surface area contributed by atoms with Crippen molar-refractivity contribution in [1.82, 2.24) is 24.5 Å². The number of anilines is 1. The lowest BCUT2D eigenvalue weighted by atomic mass is 10.0. The highest BCUT2D eigenvalue weighted by Gasteiger charge is 2.37. The molecule has 1 aliphatic carbocycles. The van der Waals surface area contributed by atoms with Crippen molar-refractivity contribution in [2.75, 3.05) is 25.6 Å². The first-order valence-electron chi connectivity index (χ1n) is 10.4. The number of rotatable bonds is 8. The highest BCUT2D eigenvalue weighted by molar-refractivity contribution is 7.84. The maximum atomic E-state index is 13.0. The molecule has 0 unspecified atom stereocenters. The monoisotopic (exact) mass is 492 g/mol. The van der Waals surface area contributed by atoms with Crippen LogP contribution in [0.25, 0.3) is 0 Å². The Morgan fingerprint density at radius 1 is 1.41 bits per heavy atom. The van der Waals surface area contributed by atoms with Gasteiger partial charge in [-0.2, -0.15) is 18.2 Å². The number of aliphatic hydroxyl groups is 2. The normalized spacial score (nSPS) is 23.6. The van der Waals surface area contributed by atoms with Gasteiger partial charge in [-0.15, -0.1) is 0 Å². The predicted octanol–water partition coefficient (Wildman–Crippen LogP) is -1.55. The molecule has 4 rings (SSSR count). The van der Waals surface area contributed by atoms with Gasteiger partial charge in [0.2, 0.25) is 5.78 Å². The van der Waals surface area contributed by atoms with E-state index in [1.807, 2.05) is 4.72 Å². The zero-order valence-electron chi connectivity index (χ0n) is 18.2.